The number of benzene rings is 1. The van der Waals surface area contributed by atoms with Crippen LogP contribution in [0.2, 0.25) is 0 Å². The maximum Gasteiger partial charge on any atom is 0.238 e. The van der Waals surface area contributed by atoms with Crippen LogP contribution in [0.5, 0.6) is 0 Å². The van der Waals surface area contributed by atoms with Gasteiger partial charge in [0.2, 0.25) is 5.91 Å². The van der Waals surface area contributed by atoms with Crippen LogP contribution >= 0.6 is 11.6 Å². The molecule has 1 aliphatic heterocycles. The Morgan fingerprint density at radius 2 is 2.10 bits per heavy atom. The van der Waals surface area contributed by atoms with Crippen molar-refractivity contribution in [3.63, 3.8) is 0 Å². The highest BCUT2D eigenvalue weighted by molar-refractivity contribution is 6.27. The summed E-state index contributed by atoms with van der Waals surface area (Å²) in [5, 5.41) is 0. The molecule has 1 saturated heterocycles. The average Bonchev–Trinajstić information content (AvgIpc) is 2.48. The minimum absolute atomic E-state index is 0.0539. The molecule has 1 aliphatic rings. The van der Waals surface area contributed by atoms with E-state index in [2.05, 4.69) is 43.0 Å². The Kier molecular flexibility index (Phi) is 6.07. The summed E-state index contributed by atoms with van der Waals surface area (Å²) in [6.07, 6.45) is 2.21. The van der Waals surface area contributed by atoms with Gasteiger partial charge in [-0.3, -0.25) is 9.69 Å². The van der Waals surface area contributed by atoms with Crippen molar-refractivity contribution in [3.8, 4) is 0 Å². The molecule has 21 heavy (non-hydrogen) atoms. The molecule has 3 nitrogen and oxygen atoms in total. The third-order valence-corrected chi connectivity index (χ3v) is 4.31. The molecule has 116 valence electrons. The molecule has 1 unspecified atom stereocenters. The lowest BCUT2D eigenvalue weighted by Gasteiger charge is -2.41. The highest BCUT2D eigenvalue weighted by Crippen LogP contribution is 2.20. The van der Waals surface area contributed by atoms with Crippen LogP contribution in [-0.2, 0) is 11.3 Å². The molecule has 1 heterocycles. The first kappa shape index (κ1) is 16.3. The van der Waals surface area contributed by atoms with Crippen LogP contribution in [0.15, 0.2) is 30.3 Å². The second-order valence-corrected chi connectivity index (χ2v) is 6.31. The molecule has 1 aromatic carbocycles. The number of hydrogen-bond acceptors (Lipinski definition) is 2. The Morgan fingerprint density at radius 1 is 1.38 bits per heavy atom. The van der Waals surface area contributed by atoms with Gasteiger partial charge >= 0.3 is 0 Å². The summed E-state index contributed by atoms with van der Waals surface area (Å²) in [5.74, 6) is 0.131. The first-order chi connectivity index (χ1) is 10.1. The molecule has 1 amide bonds. The molecular formula is C17H25ClN2O. The van der Waals surface area contributed by atoms with E-state index in [0.717, 1.165) is 32.5 Å². The SMILES string of the molecule is CC(C)N(C(=O)CCl)C1CCCN(Cc2ccccc2)C1. The maximum absolute atomic E-state index is 12.1. The van der Waals surface area contributed by atoms with Crippen molar-refractivity contribution in [2.45, 2.75) is 45.3 Å². The Balaban J connectivity index is 2.00. The molecule has 4 heteroatoms. The lowest BCUT2D eigenvalue weighted by molar-refractivity contribution is -0.134. The predicted octanol–water partition coefficient (Wildman–Crippen LogP) is 3.13. The zero-order valence-corrected chi connectivity index (χ0v) is 13.7. The monoisotopic (exact) mass is 308 g/mol. The fraction of sp³-hybridized carbons (Fsp3) is 0.588. The molecule has 0 spiro atoms. The largest absolute Gasteiger partial charge is 0.335 e. The van der Waals surface area contributed by atoms with Crippen molar-refractivity contribution in [3.05, 3.63) is 35.9 Å². The molecule has 0 aliphatic carbocycles. The van der Waals surface area contributed by atoms with Gasteiger partial charge < -0.3 is 4.90 Å². The first-order valence-corrected chi connectivity index (χ1v) is 8.28. The summed E-state index contributed by atoms with van der Waals surface area (Å²) in [4.78, 5) is 16.5. The van der Waals surface area contributed by atoms with Gasteiger partial charge in [0, 0.05) is 25.2 Å². The number of carbonyl (C=O) groups is 1. The third kappa shape index (κ3) is 4.45. The molecule has 0 saturated carbocycles. The molecule has 1 aromatic rings. The Labute approximate surface area is 132 Å². The Hall–Kier alpha value is -1.06. The van der Waals surface area contributed by atoms with Crippen molar-refractivity contribution >= 4 is 17.5 Å². The summed E-state index contributed by atoms with van der Waals surface area (Å²) >= 11 is 5.77. The van der Waals surface area contributed by atoms with Gasteiger partial charge in [0.25, 0.3) is 0 Å². The number of piperidine rings is 1. The van der Waals surface area contributed by atoms with Crippen LogP contribution in [-0.4, -0.2) is 46.8 Å². The molecule has 1 atom stereocenters. The molecule has 1 fully saturated rings. The van der Waals surface area contributed by atoms with Crippen LogP contribution in [0.25, 0.3) is 0 Å². The van der Waals surface area contributed by atoms with Crippen molar-refractivity contribution in [2.75, 3.05) is 19.0 Å². The van der Waals surface area contributed by atoms with Gasteiger partial charge in [0.1, 0.15) is 5.88 Å². The van der Waals surface area contributed by atoms with E-state index in [0.29, 0.717) is 0 Å². The third-order valence-electron chi connectivity index (χ3n) is 4.08. The number of carbonyl (C=O) groups excluding carboxylic acids is 1. The van der Waals surface area contributed by atoms with E-state index in [9.17, 15) is 4.79 Å². The molecule has 0 N–H and O–H groups in total. The fourth-order valence-corrected chi connectivity index (χ4v) is 3.36. The normalized spacial score (nSPS) is 19.7. The van der Waals surface area contributed by atoms with E-state index < -0.39 is 0 Å². The van der Waals surface area contributed by atoms with Gasteiger partial charge in [-0.2, -0.15) is 0 Å². The van der Waals surface area contributed by atoms with Crippen molar-refractivity contribution < 1.29 is 4.79 Å². The summed E-state index contributed by atoms with van der Waals surface area (Å²) in [5.41, 5.74) is 1.33. The molecule has 0 bridgehead atoms. The summed E-state index contributed by atoms with van der Waals surface area (Å²) < 4.78 is 0. The number of halogens is 1. The zero-order chi connectivity index (χ0) is 15.2. The van der Waals surface area contributed by atoms with Gasteiger partial charge in [-0.25, -0.2) is 0 Å². The number of amides is 1. The second-order valence-electron chi connectivity index (χ2n) is 6.05. The summed E-state index contributed by atoms with van der Waals surface area (Å²) in [6, 6.07) is 11.0. The minimum Gasteiger partial charge on any atom is -0.335 e. The summed E-state index contributed by atoms with van der Waals surface area (Å²) in [7, 11) is 0. The molecular weight excluding hydrogens is 284 g/mol. The van der Waals surface area contributed by atoms with Crippen LogP contribution in [0, 0.1) is 0 Å². The van der Waals surface area contributed by atoms with E-state index in [-0.39, 0.29) is 23.9 Å². The quantitative estimate of drug-likeness (QED) is 0.780. The van der Waals surface area contributed by atoms with E-state index >= 15 is 0 Å². The van der Waals surface area contributed by atoms with Gasteiger partial charge in [-0.05, 0) is 38.8 Å². The van der Waals surface area contributed by atoms with Gasteiger partial charge in [0.05, 0.1) is 0 Å². The van der Waals surface area contributed by atoms with E-state index in [1.165, 1.54) is 5.56 Å². The highest BCUT2D eigenvalue weighted by Gasteiger charge is 2.29. The topological polar surface area (TPSA) is 23.6 Å². The van der Waals surface area contributed by atoms with Crippen LogP contribution in [0.3, 0.4) is 0 Å². The van der Waals surface area contributed by atoms with Gasteiger partial charge in [0.15, 0.2) is 0 Å². The average molecular weight is 309 g/mol. The van der Waals surface area contributed by atoms with Crippen LogP contribution in [0.4, 0.5) is 0 Å². The zero-order valence-electron chi connectivity index (χ0n) is 13.0. The lowest BCUT2D eigenvalue weighted by atomic mass is 10.0. The smallest absolute Gasteiger partial charge is 0.238 e. The van der Waals surface area contributed by atoms with Crippen LogP contribution < -0.4 is 0 Å². The van der Waals surface area contributed by atoms with Crippen molar-refractivity contribution in [1.29, 1.82) is 0 Å². The van der Waals surface area contributed by atoms with Gasteiger partial charge in [-0.15, -0.1) is 11.6 Å². The Bertz CT molecular complexity index is 449. The number of nitrogens with zero attached hydrogens (tertiary/aromatic N) is 2. The van der Waals surface area contributed by atoms with E-state index in [1.54, 1.807) is 0 Å². The van der Waals surface area contributed by atoms with Crippen molar-refractivity contribution in [1.82, 2.24) is 9.80 Å². The number of rotatable bonds is 5. The standard InChI is InChI=1S/C17H25ClN2O/c1-14(2)20(17(21)11-18)16-9-6-10-19(13-16)12-15-7-4-3-5-8-15/h3-5,7-8,14,16H,6,9-13H2,1-2H3. The molecule has 0 radical (unpaired) electrons. The molecule has 0 aromatic heterocycles. The number of alkyl halides is 1. The van der Waals surface area contributed by atoms with Crippen LogP contribution in [0.1, 0.15) is 32.3 Å². The lowest BCUT2D eigenvalue weighted by Crippen LogP contribution is -2.53. The second kappa shape index (κ2) is 7.81. The number of likely N-dealkylation sites (tertiary alicyclic amines) is 1. The molecule has 2 rings (SSSR count). The summed E-state index contributed by atoms with van der Waals surface area (Å²) in [6.45, 7) is 7.14. The highest BCUT2D eigenvalue weighted by atomic mass is 35.5. The fourth-order valence-electron chi connectivity index (χ4n) is 3.23. The van der Waals surface area contributed by atoms with Crippen molar-refractivity contribution in [2.24, 2.45) is 0 Å². The van der Waals surface area contributed by atoms with Gasteiger partial charge in [-0.1, -0.05) is 30.3 Å². The first-order valence-electron chi connectivity index (χ1n) is 7.75. The predicted molar refractivity (Wildman–Crippen MR) is 87.4 cm³/mol. The van der Waals surface area contributed by atoms with E-state index in [4.69, 9.17) is 11.6 Å². The van der Waals surface area contributed by atoms with E-state index in [1.807, 2.05) is 11.0 Å². The minimum atomic E-state index is 0.0539. The maximum atomic E-state index is 12.1. The Morgan fingerprint density at radius 3 is 2.71 bits per heavy atom. The number of hydrogen-bond donors (Lipinski definition) is 0.